The summed E-state index contributed by atoms with van der Waals surface area (Å²) in [5, 5.41) is 11.8. The largest absolute Gasteiger partial charge is 0.547 e. The first-order valence-corrected chi connectivity index (χ1v) is 9.43. The number of carboxylic acids is 1. The van der Waals surface area contributed by atoms with Crippen molar-refractivity contribution in [1.82, 2.24) is 4.90 Å². The Kier molecular flexibility index (Phi) is 6.01. The molecular weight excluding hydrogens is 398 g/mol. The number of thiocarbonyl (C=S) groups is 1. The number of aliphatic carboxylic acids is 1. The molecule has 1 fully saturated rings. The molecule has 0 bridgehead atoms. The molecule has 144 valence electrons. The van der Waals surface area contributed by atoms with Gasteiger partial charge in [-0.2, -0.15) is 0 Å². The van der Waals surface area contributed by atoms with Crippen LogP contribution in [0, 0.1) is 0 Å². The average Bonchev–Trinajstić information content (AvgIpc) is 2.96. The highest BCUT2D eigenvalue weighted by Gasteiger charge is 2.38. The van der Waals surface area contributed by atoms with E-state index >= 15 is 0 Å². The third-order valence-corrected chi connectivity index (χ3v) is 5.47. The van der Waals surface area contributed by atoms with Crippen molar-refractivity contribution in [2.24, 2.45) is 0 Å². The number of nitrogens with zero attached hydrogens (tertiary/aromatic N) is 1. The quantitative estimate of drug-likeness (QED) is 0.530. The molecular formula is C20H16NO5S2-. The van der Waals surface area contributed by atoms with Gasteiger partial charge in [0.15, 0.2) is 0 Å². The molecule has 2 aromatic carbocycles. The van der Waals surface area contributed by atoms with E-state index < -0.39 is 17.9 Å². The van der Waals surface area contributed by atoms with Crippen LogP contribution in [0.5, 0.6) is 11.5 Å². The Morgan fingerprint density at radius 3 is 2.50 bits per heavy atom. The van der Waals surface area contributed by atoms with Gasteiger partial charge in [0.2, 0.25) is 0 Å². The number of hydrogen-bond acceptors (Lipinski definition) is 7. The monoisotopic (exact) mass is 414 g/mol. The van der Waals surface area contributed by atoms with Crippen LogP contribution in [0.25, 0.3) is 6.08 Å². The summed E-state index contributed by atoms with van der Waals surface area (Å²) in [6.07, 6.45) is 1.61. The van der Waals surface area contributed by atoms with Gasteiger partial charge in [-0.05, 0) is 29.8 Å². The van der Waals surface area contributed by atoms with Gasteiger partial charge in [-0.1, -0.05) is 54.3 Å². The second-order valence-electron chi connectivity index (χ2n) is 5.79. The van der Waals surface area contributed by atoms with Crippen LogP contribution in [-0.2, 0) is 9.59 Å². The molecule has 0 N–H and O–H groups in total. The average molecular weight is 414 g/mol. The fourth-order valence-corrected chi connectivity index (χ4v) is 4.13. The zero-order chi connectivity index (χ0) is 20.3. The molecule has 1 aliphatic rings. The molecule has 1 aliphatic heterocycles. The number of ether oxygens (including phenoxy) is 2. The number of carbonyl (C=O) groups is 2. The maximum absolute atomic E-state index is 13.0. The number of carboxylic acid groups (broad SMARTS) is 1. The Morgan fingerprint density at radius 1 is 1.18 bits per heavy atom. The summed E-state index contributed by atoms with van der Waals surface area (Å²) in [7, 11) is 3.06. The van der Waals surface area contributed by atoms with Crippen molar-refractivity contribution in [3.8, 4) is 11.5 Å². The van der Waals surface area contributed by atoms with Crippen LogP contribution in [0.4, 0.5) is 0 Å². The van der Waals surface area contributed by atoms with Gasteiger partial charge in [0, 0.05) is 5.56 Å². The molecule has 1 saturated heterocycles. The third kappa shape index (κ3) is 3.88. The van der Waals surface area contributed by atoms with E-state index in [4.69, 9.17) is 21.7 Å². The molecule has 1 atom stereocenters. The van der Waals surface area contributed by atoms with Crippen LogP contribution >= 0.6 is 24.0 Å². The molecule has 6 nitrogen and oxygen atoms in total. The zero-order valence-electron chi connectivity index (χ0n) is 15.1. The first-order valence-electron chi connectivity index (χ1n) is 8.21. The van der Waals surface area contributed by atoms with Crippen molar-refractivity contribution in [3.05, 3.63) is 64.6 Å². The molecule has 3 rings (SSSR count). The summed E-state index contributed by atoms with van der Waals surface area (Å²) in [5.74, 6) is -0.759. The number of amides is 1. The fraction of sp³-hybridized carbons (Fsp3) is 0.150. The number of benzene rings is 2. The van der Waals surface area contributed by atoms with E-state index in [-0.39, 0.29) is 4.32 Å². The van der Waals surface area contributed by atoms with E-state index in [1.807, 2.05) is 0 Å². The summed E-state index contributed by atoms with van der Waals surface area (Å²) in [4.78, 5) is 26.1. The van der Waals surface area contributed by atoms with Crippen molar-refractivity contribution >= 4 is 46.3 Å². The summed E-state index contributed by atoms with van der Waals surface area (Å²) in [5.41, 5.74) is 1.03. The number of hydrogen-bond donors (Lipinski definition) is 0. The first kappa shape index (κ1) is 19.9. The lowest BCUT2D eigenvalue weighted by atomic mass is 10.1. The topological polar surface area (TPSA) is 78.9 Å². The number of methoxy groups -OCH3 is 2. The molecule has 8 heteroatoms. The maximum Gasteiger partial charge on any atom is 0.267 e. The second kappa shape index (κ2) is 8.45. The van der Waals surface area contributed by atoms with Crippen molar-refractivity contribution < 1.29 is 24.2 Å². The lowest BCUT2D eigenvalue weighted by Gasteiger charge is -2.27. The van der Waals surface area contributed by atoms with Crippen LogP contribution in [-0.4, -0.2) is 35.3 Å². The van der Waals surface area contributed by atoms with Crippen molar-refractivity contribution in [2.75, 3.05) is 14.2 Å². The smallest absolute Gasteiger partial charge is 0.267 e. The van der Waals surface area contributed by atoms with Crippen LogP contribution in [0.3, 0.4) is 0 Å². The normalized spacial score (nSPS) is 16.4. The Balaban J connectivity index is 2.00. The van der Waals surface area contributed by atoms with Crippen molar-refractivity contribution in [2.45, 2.75) is 6.04 Å². The Labute approximate surface area is 171 Å². The van der Waals surface area contributed by atoms with E-state index in [9.17, 15) is 14.7 Å². The molecule has 0 aromatic heterocycles. The van der Waals surface area contributed by atoms with Crippen LogP contribution in [0.2, 0.25) is 0 Å². The Morgan fingerprint density at radius 2 is 1.89 bits per heavy atom. The summed E-state index contributed by atoms with van der Waals surface area (Å²) < 4.78 is 10.7. The SMILES string of the molecule is COc1ccc(OC)c(/C=C2\SC(=S)N([C@@H](C(=O)[O-])c3ccccc3)C2=O)c1. The minimum atomic E-state index is -1.40. The van der Waals surface area contributed by atoms with Crippen LogP contribution in [0.1, 0.15) is 17.2 Å². The van der Waals surface area contributed by atoms with Crippen molar-refractivity contribution in [3.63, 3.8) is 0 Å². The summed E-state index contributed by atoms with van der Waals surface area (Å²) in [6, 6.07) is 12.3. The van der Waals surface area contributed by atoms with Gasteiger partial charge in [-0.25, -0.2) is 0 Å². The molecule has 1 amide bonds. The zero-order valence-corrected chi connectivity index (χ0v) is 16.7. The van der Waals surface area contributed by atoms with Gasteiger partial charge in [0.05, 0.1) is 25.1 Å². The predicted molar refractivity (Wildman–Crippen MR) is 109 cm³/mol. The summed E-state index contributed by atoms with van der Waals surface area (Å²) in [6.45, 7) is 0. The Bertz CT molecular complexity index is 958. The van der Waals surface area contributed by atoms with E-state index in [1.165, 1.54) is 14.2 Å². The molecule has 2 aromatic rings. The maximum atomic E-state index is 13.0. The predicted octanol–water partition coefficient (Wildman–Crippen LogP) is 2.40. The standard InChI is InChI=1S/C20H17NO5S2/c1-25-14-8-9-15(26-2)13(10-14)11-16-18(22)21(20(27)28-16)17(19(23)24)12-6-4-3-5-7-12/h3-11,17H,1-2H3,(H,23,24)/p-1/b16-11-/t17-/m1/s1. The molecule has 0 spiro atoms. The second-order valence-corrected chi connectivity index (χ2v) is 7.47. The lowest BCUT2D eigenvalue weighted by Crippen LogP contribution is -2.43. The van der Waals surface area contributed by atoms with E-state index in [0.717, 1.165) is 16.7 Å². The molecule has 0 aliphatic carbocycles. The first-order chi connectivity index (χ1) is 13.5. The van der Waals surface area contributed by atoms with Gasteiger partial charge in [-0.15, -0.1) is 0 Å². The third-order valence-electron chi connectivity index (χ3n) is 4.14. The molecule has 1 heterocycles. The molecule has 0 saturated carbocycles. The summed E-state index contributed by atoms with van der Waals surface area (Å²) >= 11 is 6.33. The molecule has 0 unspecified atom stereocenters. The highest BCUT2D eigenvalue weighted by atomic mass is 32.2. The van der Waals surface area contributed by atoms with Gasteiger partial charge >= 0.3 is 0 Å². The van der Waals surface area contributed by atoms with E-state index in [1.54, 1.807) is 54.6 Å². The van der Waals surface area contributed by atoms with Gasteiger partial charge < -0.3 is 19.4 Å². The highest BCUT2D eigenvalue weighted by Crippen LogP contribution is 2.39. The van der Waals surface area contributed by atoms with Gasteiger partial charge in [0.1, 0.15) is 21.9 Å². The van der Waals surface area contributed by atoms with E-state index in [0.29, 0.717) is 27.5 Å². The molecule has 28 heavy (non-hydrogen) atoms. The fourth-order valence-electron chi connectivity index (χ4n) is 2.82. The minimum Gasteiger partial charge on any atom is -0.547 e. The lowest BCUT2D eigenvalue weighted by molar-refractivity contribution is -0.310. The van der Waals surface area contributed by atoms with Crippen LogP contribution < -0.4 is 14.6 Å². The minimum absolute atomic E-state index is 0.149. The Hall–Kier alpha value is -2.84. The van der Waals surface area contributed by atoms with E-state index in [2.05, 4.69) is 0 Å². The van der Waals surface area contributed by atoms with Crippen molar-refractivity contribution in [1.29, 1.82) is 0 Å². The number of thioether (sulfide) groups is 1. The number of carbonyl (C=O) groups excluding carboxylic acids is 2. The van der Waals surface area contributed by atoms with Crippen LogP contribution in [0.15, 0.2) is 53.4 Å². The molecule has 0 radical (unpaired) electrons. The number of rotatable bonds is 6. The highest BCUT2D eigenvalue weighted by molar-refractivity contribution is 8.26. The van der Waals surface area contributed by atoms with Gasteiger partial charge in [0.25, 0.3) is 5.91 Å². The van der Waals surface area contributed by atoms with Gasteiger partial charge in [-0.3, -0.25) is 9.69 Å².